The molecular formula is C24H25NO5. The number of aliphatic hydroxyl groups is 1. The van der Waals surface area contributed by atoms with Gasteiger partial charge in [0.25, 0.3) is 11.7 Å². The maximum absolute atomic E-state index is 12.9. The predicted octanol–water partition coefficient (Wildman–Crippen LogP) is 3.63. The fourth-order valence-electron chi connectivity index (χ4n) is 3.42. The highest BCUT2D eigenvalue weighted by molar-refractivity contribution is 6.46. The van der Waals surface area contributed by atoms with Gasteiger partial charge in [-0.05, 0) is 36.8 Å². The van der Waals surface area contributed by atoms with Gasteiger partial charge in [0, 0.05) is 19.2 Å². The highest BCUT2D eigenvalue weighted by Crippen LogP contribution is 2.39. The number of hydrogen-bond acceptors (Lipinski definition) is 5. The summed E-state index contributed by atoms with van der Waals surface area (Å²) in [5, 5.41) is 11.0. The van der Waals surface area contributed by atoms with Crippen LogP contribution in [-0.4, -0.2) is 48.6 Å². The number of benzene rings is 2. The number of carbonyl (C=O) groups excluding carboxylic acids is 2. The van der Waals surface area contributed by atoms with Crippen LogP contribution in [0.2, 0.25) is 0 Å². The lowest BCUT2D eigenvalue weighted by molar-refractivity contribution is -0.140. The molecule has 0 aliphatic carbocycles. The molecule has 1 saturated heterocycles. The first-order chi connectivity index (χ1) is 14.5. The van der Waals surface area contributed by atoms with Crippen molar-refractivity contribution in [3.8, 4) is 5.75 Å². The Labute approximate surface area is 176 Å². The number of methoxy groups -OCH3 is 1. The number of aliphatic hydroxyl groups excluding tert-OH is 1. The summed E-state index contributed by atoms with van der Waals surface area (Å²) < 4.78 is 10.6. The van der Waals surface area contributed by atoms with E-state index >= 15 is 0 Å². The van der Waals surface area contributed by atoms with E-state index < -0.39 is 17.7 Å². The molecule has 0 unspecified atom stereocenters. The molecule has 1 N–H and O–H groups in total. The molecule has 1 fully saturated rings. The zero-order valence-corrected chi connectivity index (χ0v) is 17.1. The Balaban J connectivity index is 2.05. The van der Waals surface area contributed by atoms with Gasteiger partial charge in [-0.15, -0.1) is 0 Å². The third kappa shape index (κ3) is 4.28. The molecule has 1 heterocycles. The number of aryl methyl sites for hydroxylation is 1. The molecule has 2 aromatic carbocycles. The zero-order valence-electron chi connectivity index (χ0n) is 17.1. The van der Waals surface area contributed by atoms with E-state index in [0.717, 1.165) is 11.1 Å². The molecule has 0 aromatic heterocycles. The molecule has 30 heavy (non-hydrogen) atoms. The predicted molar refractivity (Wildman–Crippen MR) is 114 cm³/mol. The number of ether oxygens (including phenoxy) is 2. The Morgan fingerprint density at radius 2 is 1.80 bits per heavy atom. The monoisotopic (exact) mass is 407 g/mol. The van der Waals surface area contributed by atoms with Gasteiger partial charge in [0.2, 0.25) is 0 Å². The molecule has 156 valence electrons. The Kier molecular flexibility index (Phi) is 6.69. The third-order valence-electron chi connectivity index (χ3n) is 4.96. The lowest BCUT2D eigenvalue weighted by Crippen LogP contribution is -2.32. The van der Waals surface area contributed by atoms with Crippen LogP contribution in [0.25, 0.3) is 5.76 Å². The molecule has 1 aliphatic rings. The Hall–Kier alpha value is -3.38. The van der Waals surface area contributed by atoms with Crippen LogP contribution in [0.4, 0.5) is 0 Å². The van der Waals surface area contributed by atoms with Crippen LogP contribution in [0.15, 0.2) is 66.8 Å². The van der Waals surface area contributed by atoms with Gasteiger partial charge in [0.15, 0.2) is 0 Å². The standard InChI is InChI=1S/C24H25NO5/c1-4-14-30-19-11-9-18(10-12-19)22(26)20-21(17-7-5-16(2)6-8-17)25(13-15-29-3)24(28)23(20)27/h4-12,21,26H,1,13-15H2,2-3H3/t21-/m1/s1. The summed E-state index contributed by atoms with van der Waals surface area (Å²) in [7, 11) is 1.54. The summed E-state index contributed by atoms with van der Waals surface area (Å²) in [6.45, 7) is 6.45. The molecule has 1 aliphatic heterocycles. The molecule has 0 saturated carbocycles. The molecule has 2 aromatic rings. The topological polar surface area (TPSA) is 76.1 Å². The number of amides is 1. The summed E-state index contributed by atoms with van der Waals surface area (Å²) in [6, 6.07) is 13.6. The lowest BCUT2D eigenvalue weighted by atomic mass is 9.94. The smallest absolute Gasteiger partial charge is 0.295 e. The van der Waals surface area contributed by atoms with Crippen molar-refractivity contribution < 1.29 is 24.2 Å². The first-order valence-electron chi connectivity index (χ1n) is 9.66. The minimum absolute atomic E-state index is 0.0692. The van der Waals surface area contributed by atoms with Gasteiger partial charge in [0.1, 0.15) is 18.1 Å². The Morgan fingerprint density at radius 1 is 1.13 bits per heavy atom. The molecule has 1 atom stereocenters. The molecule has 0 bridgehead atoms. The molecule has 0 radical (unpaired) electrons. The van der Waals surface area contributed by atoms with E-state index in [-0.39, 0.29) is 24.5 Å². The normalized spacial score (nSPS) is 17.9. The van der Waals surface area contributed by atoms with Crippen LogP contribution in [0, 0.1) is 6.92 Å². The second kappa shape index (κ2) is 9.41. The fraction of sp³-hybridized carbons (Fsp3) is 0.250. The largest absolute Gasteiger partial charge is 0.507 e. The Morgan fingerprint density at radius 3 is 2.40 bits per heavy atom. The van der Waals surface area contributed by atoms with Crippen LogP contribution in [-0.2, 0) is 14.3 Å². The zero-order chi connectivity index (χ0) is 21.7. The van der Waals surface area contributed by atoms with Crippen LogP contribution >= 0.6 is 0 Å². The number of rotatable bonds is 8. The number of ketones is 1. The average Bonchev–Trinajstić information content (AvgIpc) is 3.01. The van der Waals surface area contributed by atoms with Crippen molar-refractivity contribution in [2.45, 2.75) is 13.0 Å². The summed E-state index contributed by atoms with van der Waals surface area (Å²) in [6.07, 6.45) is 1.64. The molecular weight excluding hydrogens is 382 g/mol. The first-order valence-corrected chi connectivity index (χ1v) is 9.66. The molecule has 0 spiro atoms. The highest BCUT2D eigenvalue weighted by atomic mass is 16.5. The molecule has 3 rings (SSSR count). The van der Waals surface area contributed by atoms with E-state index in [1.165, 1.54) is 12.0 Å². The van der Waals surface area contributed by atoms with Gasteiger partial charge in [-0.25, -0.2) is 0 Å². The van der Waals surface area contributed by atoms with Crippen molar-refractivity contribution in [3.05, 3.63) is 83.4 Å². The van der Waals surface area contributed by atoms with Gasteiger partial charge >= 0.3 is 0 Å². The summed E-state index contributed by atoms with van der Waals surface area (Å²) >= 11 is 0. The van der Waals surface area contributed by atoms with E-state index in [0.29, 0.717) is 17.9 Å². The van der Waals surface area contributed by atoms with Gasteiger partial charge in [-0.3, -0.25) is 9.59 Å². The molecule has 6 nitrogen and oxygen atoms in total. The fourth-order valence-corrected chi connectivity index (χ4v) is 3.42. The van der Waals surface area contributed by atoms with Crippen molar-refractivity contribution in [3.63, 3.8) is 0 Å². The third-order valence-corrected chi connectivity index (χ3v) is 4.96. The maximum atomic E-state index is 12.9. The SMILES string of the molecule is C=CCOc1ccc(C(O)=C2C(=O)C(=O)N(CCOC)[C@@H]2c2ccc(C)cc2)cc1. The summed E-state index contributed by atoms with van der Waals surface area (Å²) in [5.41, 5.74) is 2.31. The van der Waals surface area contributed by atoms with E-state index in [9.17, 15) is 14.7 Å². The maximum Gasteiger partial charge on any atom is 0.295 e. The highest BCUT2D eigenvalue weighted by Gasteiger charge is 2.45. The summed E-state index contributed by atoms with van der Waals surface area (Å²) in [5.74, 6) is -0.956. The lowest BCUT2D eigenvalue weighted by Gasteiger charge is -2.25. The number of likely N-dealkylation sites (tertiary alicyclic amines) is 1. The average molecular weight is 407 g/mol. The molecule has 1 amide bonds. The second-order valence-corrected chi connectivity index (χ2v) is 7.02. The van der Waals surface area contributed by atoms with E-state index in [2.05, 4.69) is 6.58 Å². The first kappa shape index (κ1) is 21.3. The van der Waals surface area contributed by atoms with E-state index in [1.807, 2.05) is 31.2 Å². The van der Waals surface area contributed by atoms with Crippen LogP contribution in [0.1, 0.15) is 22.7 Å². The van der Waals surface area contributed by atoms with Crippen LogP contribution < -0.4 is 4.74 Å². The van der Waals surface area contributed by atoms with Crippen molar-refractivity contribution in [2.75, 3.05) is 26.9 Å². The minimum atomic E-state index is -0.707. The van der Waals surface area contributed by atoms with E-state index in [1.54, 1.807) is 30.3 Å². The minimum Gasteiger partial charge on any atom is -0.507 e. The van der Waals surface area contributed by atoms with Crippen LogP contribution in [0.5, 0.6) is 5.75 Å². The quantitative estimate of drug-likeness (QED) is 0.313. The number of carbonyl (C=O) groups is 2. The number of nitrogens with zero attached hydrogens (tertiary/aromatic N) is 1. The molecule has 6 heteroatoms. The van der Waals surface area contributed by atoms with Crippen molar-refractivity contribution >= 4 is 17.4 Å². The van der Waals surface area contributed by atoms with Gasteiger partial charge in [0.05, 0.1) is 18.2 Å². The van der Waals surface area contributed by atoms with Crippen molar-refractivity contribution in [2.24, 2.45) is 0 Å². The second-order valence-electron chi connectivity index (χ2n) is 7.02. The summed E-state index contributed by atoms with van der Waals surface area (Å²) in [4.78, 5) is 27.0. The van der Waals surface area contributed by atoms with Gasteiger partial charge in [-0.2, -0.15) is 0 Å². The Bertz CT molecular complexity index is 960. The number of hydrogen-bond donors (Lipinski definition) is 1. The van der Waals surface area contributed by atoms with Crippen molar-refractivity contribution in [1.82, 2.24) is 4.90 Å². The van der Waals surface area contributed by atoms with Crippen molar-refractivity contribution in [1.29, 1.82) is 0 Å². The number of Topliss-reactive ketones (excluding diaryl/α,β-unsaturated/α-hetero) is 1. The van der Waals surface area contributed by atoms with Gasteiger partial charge < -0.3 is 19.5 Å². The van der Waals surface area contributed by atoms with Crippen LogP contribution in [0.3, 0.4) is 0 Å². The van der Waals surface area contributed by atoms with E-state index in [4.69, 9.17) is 9.47 Å². The van der Waals surface area contributed by atoms with Gasteiger partial charge in [-0.1, -0.05) is 42.5 Å².